The summed E-state index contributed by atoms with van der Waals surface area (Å²) in [6, 6.07) is 12.7. The molecule has 0 aromatic heterocycles. The van der Waals surface area contributed by atoms with Crippen molar-refractivity contribution in [3.63, 3.8) is 0 Å². The number of amides is 1. The summed E-state index contributed by atoms with van der Waals surface area (Å²) in [5.41, 5.74) is 2.15. The zero-order valence-electron chi connectivity index (χ0n) is 16.0. The molecule has 1 fully saturated rings. The Bertz CT molecular complexity index is 900. The Morgan fingerprint density at radius 2 is 1.69 bits per heavy atom. The maximum absolute atomic E-state index is 12.6. The molecule has 0 aliphatic carbocycles. The molecule has 1 amide bonds. The normalized spacial score (nSPS) is 15.1. The van der Waals surface area contributed by atoms with E-state index >= 15 is 0 Å². The van der Waals surface area contributed by atoms with Crippen LogP contribution in [0.25, 0.3) is 6.08 Å². The Hall–Kier alpha value is -2.34. The van der Waals surface area contributed by atoms with Crippen molar-refractivity contribution in [3.8, 4) is 0 Å². The predicted octanol–water partition coefficient (Wildman–Crippen LogP) is 4.40. The lowest BCUT2D eigenvalue weighted by Crippen LogP contribution is -2.28. The molecule has 1 aliphatic heterocycles. The van der Waals surface area contributed by atoms with Crippen LogP contribution < -0.4 is 10.6 Å². The molecule has 0 spiro atoms. The van der Waals surface area contributed by atoms with Crippen molar-refractivity contribution in [3.05, 3.63) is 74.9 Å². The third-order valence-corrected chi connectivity index (χ3v) is 5.53. The van der Waals surface area contributed by atoms with E-state index in [0.29, 0.717) is 5.92 Å². The molecular formula is C22H22Cl2N2O3. The summed E-state index contributed by atoms with van der Waals surface area (Å²) < 4.78 is 4.81. The van der Waals surface area contributed by atoms with Crippen LogP contribution in [0.2, 0.25) is 10.0 Å². The fourth-order valence-electron chi connectivity index (χ4n) is 3.34. The van der Waals surface area contributed by atoms with Crippen molar-refractivity contribution in [2.24, 2.45) is 0 Å². The van der Waals surface area contributed by atoms with Crippen LogP contribution in [0.15, 0.2) is 48.2 Å². The standard InChI is InChI=1S/C22H22Cl2N2O3/c1-29-22(28)19(26-21(27)20-17(23)3-2-4-18(20)24)13-14-5-7-15(8-6-14)16-9-11-25-12-10-16/h2-8,13,16,25H,9-12H2,1H3,(H,26,27)/b19-13+. The van der Waals surface area contributed by atoms with E-state index in [0.717, 1.165) is 31.5 Å². The average molecular weight is 433 g/mol. The fraction of sp³-hybridized carbons (Fsp3) is 0.273. The summed E-state index contributed by atoms with van der Waals surface area (Å²) in [7, 11) is 1.25. The highest BCUT2D eigenvalue weighted by Gasteiger charge is 2.20. The topological polar surface area (TPSA) is 67.4 Å². The second kappa shape index (κ2) is 9.92. The number of rotatable bonds is 5. The molecule has 0 unspecified atom stereocenters. The maximum Gasteiger partial charge on any atom is 0.354 e. The van der Waals surface area contributed by atoms with Crippen LogP contribution >= 0.6 is 23.2 Å². The van der Waals surface area contributed by atoms with Gasteiger partial charge in [0.2, 0.25) is 0 Å². The van der Waals surface area contributed by atoms with Gasteiger partial charge < -0.3 is 15.4 Å². The summed E-state index contributed by atoms with van der Waals surface area (Å²) >= 11 is 12.2. The molecule has 1 saturated heterocycles. The van der Waals surface area contributed by atoms with Crippen LogP contribution in [-0.2, 0) is 9.53 Å². The van der Waals surface area contributed by atoms with E-state index in [4.69, 9.17) is 27.9 Å². The molecule has 0 atom stereocenters. The third kappa shape index (κ3) is 5.38. The lowest BCUT2D eigenvalue weighted by Gasteiger charge is -2.23. The van der Waals surface area contributed by atoms with Crippen molar-refractivity contribution in [1.82, 2.24) is 10.6 Å². The second-order valence-corrected chi connectivity index (χ2v) is 7.61. The van der Waals surface area contributed by atoms with Gasteiger partial charge in [-0.1, -0.05) is 53.5 Å². The quantitative estimate of drug-likeness (QED) is 0.542. The molecule has 152 valence electrons. The zero-order valence-corrected chi connectivity index (χ0v) is 17.5. The van der Waals surface area contributed by atoms with Gasteiger partial charge in [-0.05, 0) is 61.2 Å². The van der Waals surface area contributed by atoms with Gasteiger partial charge >= 0.3 is 5.97 Å². The van der Waals surface area contributed by atoms with Gasteiger partial charge in [0.05, 0.1) is 22.7 Å². The number of ether oxygens (including phenoxy) is 1. The number of halogens is 2. The molecule has 0 radical (unpaired) electrons. The number of hydrogen-bond donors (Lipinski definition) is 2. The Balaban J connectivity index is 1.82. The summed E-state index contributed by atoms with van der Waals surface area (Å²) in [4.78, 5) is 24.8. The SMILES string of the molecule is COC(=O)/C(=C\c1ccc(C2CCNCC2)cc1)NC(=O)c1c(Cl)cccc1Cl. The molecule has 29 heavy (non-hydrogen) atoms. The Kier molecular flexibility index (Phi) is 7.31. The van der Waals surface area contributed by atoms with Gasteiger partial charge in [-0.15, -0.1) is 0 Å². The number of piperidine rings is 1. The largest absolute Gasteiger partial charge is 0.464 e. The average Bonchev–Trinajstić information content (AvgIpc) is 2.73. The van der Waals surface area contributed by atoms with Gasteiger partial charge in [-0.25, -0.2) is 4.79 Å². The molecule has 2 N–H and O–H groups in total. The first-order valence-electron chi connectivity index (χ1n) is 9.35. The highest BCUT2D eigenvalue weighted by atomic mass is 35.5. The first-order chi connectivity index (χ1) is 14.0. The Morgan fingerprint density at radius 3 is 2.28 bits per heavy atom. The molecule has 5 nitrogen and oxygen atoms in total. The number of carbonyl (C=O) groups is 2. The van der Waals surface area contributed by atoms with Crippen molar-refractivity contribution < 1.29 is 14.3 Å². The highest BCUT2D eigenvalue weighted by molar-refractivity contribution is 6.39. The highest BCUT2D eigenvalue weighted by Crippen LogP contribution is 2.26. The third-order valence-electron chi connectivity index (χ3n) is 4.90. The molecule has 3 rings (SSSR count). The minimum absolute atomic E-state index is 0.00287. The fourth-order valence-corrected chi connectivity index (χ4v) is 3.91. The number of methoxy groups -OCH3 is 1. The van der Waals surface area contributed by atoms with Crippen molar-refractivity contribution in [2.45, 2.75) is 18.8 Å². The van der Waals surface area contributed by atoms with Crippen LogP contribution in [0.3, 0.4) is 0 Å². The van der Waals surface area contributed by atoms with E-state index in [9.17, 15) is 9.59 Å². The summed E-state index contributed by atoms with van der Waals surface area (Å²) in [6.45, 7) is 2.05. The number of benzene rings is 2. The molecule has 2 aromatic rings. The van der Waals surface area contributed by atoms with Gasteiger partial charge in [-0.3, -0.25) is 4.79 Å². The molecule has 2 aromatic carbocycles. The molecular weight excluding hydrogens is 411 g/mol. The smallest absolute Gasteiger partial charge is 0.354 e. The number of esters is 1. The number of nitrogens with one attached hydrogen (secondary N) is 2. The second-order valence-electron chi connectivity index (χ2n) is 6.79. The minimum atomic E-state index is -0.663. The van der Waals surface area contributed by atoms with Crippen LogP contribution in [0, 0.1) is 0 Å². The van der Waals surface area contributed by atoms with Crippen molar-refractivity contribution in [2.75, 3.05) is 20.2 Å². The number of carbonyl (C=O) groups excluding carboxylic acids is 2. The van der Waals surface area contributed by atoms with Gasteiger partial charge in [0, 0.05) is 0 Å². The summed E-state index contributed by atoms with van der Waals surface area (Å²) in [5.74, 6) is -0.705. The van der Waals surface area contributed by atoms with Crippen molar-refractivity contribution in [1.29, 1.82) is 0 Å². The van der Waals surface area contributed by atoms with E-state index in [1.807, 2.05) is 12.1 Å². The van der Waals surface area contributed by atoms with Crippen LogP contribution in [0.5, 0.6) is 0 Å². The molecule has 1 aliphatic rings. The first-order valence-corrected chi connectivity index (χ1v) is 10.1. The van der Waals surface area contributed by atoms with E-state index in [-0.39, 0.29) is 21.3 Å². The monoisotopic (exact) mass is 432 g/mol. The van der Waals surface area contributed by atoms with E-state index < -0.39 is 11.9 Å². The molecule has 7 heteroatoms. The molecule has 0 saturated carbocycles. The minimum Gasteiger partial charge on any atom is -0.464 e. The maximum atomic E-state index is 12.6. The van der Waals surface area contributed by atoms with E-state index in [1.165, 1.54) is 12.7 Å². The lowest BCUT2D eigenvalue weighted by molar-refractivity contribution is -0.136. The summed E-state index contributed by atoms with van der Waals surface area (Å²) in [5, 5.41) is 6.32. The summed E-state index contributed by atoms with van der Waals surface area (Å²) in [6.07, 6.45) is 3.79. The van der Waals surface area contributed by atoms with E-state index in [2.05, 4.69) is 22.8 Å². The Labute approximate surface area is 180 Å². The van der Waals surface area contributed by atoms with Gasteiger partial charge in [0.1, 0.15) is 5.70 Å². The lowest BCUT2D eigenvalue weighted by atomic mass is 9.90. The van der Waals surface area contributed by atoms with Gasteiger partial charge in [0.15, 0.2) is 0 Å². The van der Waals surface area contributed by atoms with Gasteiger partial charge in [-0.2, -0.15) is 0 Å². The van der Waals surface area contributed by atoms with Crippen molar-refractivity contribution >= 4 is 41.2 Å². The van der Waals surface area contributed by atoms with Crippen LogP contribution in [0.1, 0.15) is 40.2 Å². The zero-order chi connectivity index (χ0) is 20.8. The van der Waals surface area contributed by atoms with Crippen LogP contribution in [0.4, 0.5) is 0 Å². The van der Waals surface area contributed by atoms with E-state index in [1.54, 1.807) is 24.3 Å². The molecule has 0 bridgehead atoms. The number of hydrogen-bond acceptors (Lipinski definition) is 4. The van der Waals surface area contributed by atoms with Gasteiger partial charge in [0.25, 0.3) is 5.91 Å². The predicted molar refractivity (Wildman–Crippen MR) is 115 cm³/mol. The Morgan fingerprint density at radius 1 is 1.07 bits per heavy atom. The first kappa shape index (κ1) is 21.4. The van der Waals surface area contributed by atoms with Crippen LogP contribution in [-0.4, -0.2) is 32.1 Å². The molecule has 1 heterocycles.